The highest BCUT2D eigenvalue weighted by molar-refractivity contribution is 5.31. The van der Waals surface area contributed by atoms with E-state index < -0.39 is 0 Å². The fraction of sp³-hybridized carbons (Fsp3) is 0.643. The fourth-order valence-electron chi connectivity index (χ4n) is 2.52. The summed E-state index contributed by atoms with van der Waals surface area (Å²) in [4.78, 5) is 9.14. The summed E-state index contributed by atoms with van der Waals surface area (Å²) in [5, 5.41) is 9.25. The van der Waals surface area contributed by atoms with E-state index in [1.165, 1.54) is 0 Å². The van der Waals surface area contributed by atoms with Crippen molar-refractivity contribution in [2.45, 2.75) is 43.9 Å². The van der Waals surface area contributed by atoms with E-state index in [9.17, 15) is 5.26 Å². The molecule has 1 aliphatic heterocycles. The highest BCUT2D eigenvalue weighted by Gasteiger charge is 2.48. The third-order valence-corrected chi connectivity index (χ3v) is 3.91. The molecule has 2 fully saturated rings. The summed E-state index contributed by atoms with van der Waals surface area (Å²) in [6, 6.07) is 4.44. The van der Waals surface area contributed by atoms with Crippen molar-refractivity contribution in [1.82, 2.24) is 9.97 Å². The van der Waals surface area contributed by atoms with Crippen LogP contribution in [0.25, 0.3) is 0 Å². The van der Waals surface area contributed by atoms with Crippen LogP contribution < -0.4 is 0 Å². The summed E-state index contributed by atoms with van der Waals surface area (Å²) in [5.41, 5.74) is 1.69. The van der Waals surface area contributed by atoms with E-state index in [2.05, 4.69) is 22.1 Å². The number of hydrogen-bond donors (Lipinski definition) is 0. The molecule has 1 aromatic heterocycles. The highest BCUT2D eigenvalue weighted by atomic mass is 16.5. The Morgan fingerprint density at radius 2 is 2.06 bits per heavy atom. The second-order valence-corrected chi connectivity index (χ2v) is 5.34. The van der Waals surface area contributed by atoms with E-state index >= 15 is 0 Å². The molecule has 0 unspecified atom stereocenters. The minimum Gasteiger partial charge on any atom is -0.381 e. The zero-order valence-corrected chi connectivity index (χ0v) is 10.6. The van der Waals surface area contributed by atoms with Gasteiger partial charge in [-0.1, -0.05) is 0 Å². The molecule has 0 spiro atoms. The quantitative estimate of drug-likeness (QED) is 0.799. The Kier molecular flexibility index (Phi) is 2.79. The third kappa shape index (κ3) is 1.99. The van der Waals surface area contributed by atoms with Gasteiger partial charge in [-0.3, -0.25) is 0 Å². The van der Waals surface area contributed by atoms with Gasteiger partial charge in [-0.15, -0.1) is 0 Å². The van der Waals surface area contributed by atoms with Crippen LogP contribution in [0.4, 0.5) is 0 Å². The van der Waals surface area contributed by atoms with E-state index in [0.29, 0.717) is 5.92 Å². The standard InChI is InChI=1S/C14H17N3O/c1-10-8-12(11-2-6-18-7-3-11)17-13(16-10)14(9-15)4-5-14/h8,11H,2-7H2,1H3. The van der Waals surface area contributed by atoms with Gasteiger partial charge in [0, 0.05) is 30.5 Å². The van der Waals surface area contributed by atoms with Crippen LogP contribution >= 0.6 is 0 Å². The smallest absolute Gasteiger partial charge is 0.149 e. The normalized spacial score (nSPS) is 22.4. The number of rotatable bonds is 2. The number of hydrogen-bond acceptors (Lipinski definition) is 4. The molecule has 0 N–H and O–H groups in total. The topological polar surface area (TPSA) is 58.8 Å². The lowest BCUT2D eigenvalue weighted by Crippen LogP contribution is -2.18. The van der Waals surface area contributed by atoms with Crippen LogP contribution in [0.2, 0.25) is 0 Å². The molecule has 0 atom stereocenters. The van der Waals surface area contributed by atoms with Crippen molar-refractivity contribution < 1.29 is 4.74 Å². The van der Waals surface area contributed by atoms with E-state index in [1.807, 2.05) is 6.92 Å². The molecule has 1 saturated heterocycles. The lowest BCUT2D eigenvalue weighted by atomic mass is 9.95. The van der Waals surface area contributed by atoms with Crippen molar-refractivity contribution in [2.75, 3.05) is 13.2 Å². The SMILES string of the molecule is Cc1cc(C2CCOCC2)nc(C2(C#N)CC2)n1. The maximum absolute atomic E-state index is 9.25. The highest BCUT2D eigenvalue weighted by Crippen LogP contribution is 2.46. The van der Waals surface area contributed by atoms with E-state index in [-0.39, 0.29) is 5.41 Å². The molecule has 18 heavy (non-hydrogen) atoms. The Morgan fingerprint density at radius 1 is 1.33 bits per heavy atom. The van der Waals surface area contributed by atoms with Gasteiger partial charge in [-0.25, -0.2) is 9.97 Å². The van der Waals surface area contributed by atoms with Crippen molar-refractivity contribution in [3.05, 3.63) is 23.3 Å². The molecule has 1 saturated carbocycles. The van der Waals surface area contributed by atoms with Crippen molar-refractivity contribution in [1.29, 1.82) is 5.26 Å². The Balaban J connectivity index is 1.93. The first-order chi connectivity index (χ1) is 8.73. The molecule has 0 aromatic carbocycles. The lowest BCUT2D eigenvalue weighted by molar-refractivity contribution is 0.0844. The van der Waals surface area contributed by atoms with Gasteiger partial charge in [0.2, 0.25) is 0 Å². The van der Waals surface area contributed by atoms with Crippen molar-refractivity contribution in [2.24, 2.45) is 0 Å². The van der Waals surface area contributed by atoms with Crippen LogP contribution in [0.3, 0.4) is 0 Å². The Morgan fingerprint density at radius 3 is 2.67 bits per heavy atom. The van der Waals surface area contributed by atoms with Crippen molar-refractivity contribution in [3.63, 3.8) is 0 Å². The zero-order chi connectivity index (χ0) is 12.6. The molecule has 94 valence electrons. The molecule has 3 rings (SSSR count). The Hall–Kier alpha value is -1.47. The van der Waals surface area contributed by atoms with Crippen molar-refractivity contribution in [3.8, 4) is 6.07 Å². The number of nitriles is 1. The summed E-state index contributed by atoms with van der Waals surface area (Å²) in [7, 11) is 0. The second kappa shape index (κ2) is 4.33. The monoisotopic (exact) mass is 243 g/mol. The van der Waals surface area contributed by atoms with Crippen molar-refractivity contribution >= 4 is 0 Å². The molecule has 0 amide bonds. The molecular weight excluding hydrogens is 226 g/mol. The van der Waals surface area contributed by atoms with Gasteiger partial charge in [-0.2, -0.15) is 5.26 Å². The van der Waals surface area contributed by atoms with Crippen LogP contribution in [0.1, 0.15) is 48.8 Å². The summed E-state index contributed by atoms with van der Waals surface area (Å²) in [5.74, 6) is 1.21. The van der Waals surface area contributed by atoms with Crippen LogP contribution in [0, 0.1) is 18.3 Å². The van der Waals surface area contributed by atoms with Gasteiger partial charge in [0.05, 0.1) is 6.07 Å². The Bertz CT molecular complexity index is 496. The van der Waals surface area contributed by atoms with Crippen LogP contribution in [0.15, 0.2) is 6.07 Å². The molecular formula is C14H17N3O. The summed E-state index contributed by atoms with van der Waals surface area (Å²) in [6.45, 7) is 3.61. The minimum absolute atomic E-state index is 0.383. The summed E-state index contributed by atoms with van der Waals surface area (Å²) >= 11 is 0. The van der Waals surface area contributed by atoms with E-state index in [1.54, 1.807) is 0 Å². The first kappa shape index (κ1) is 11.6. The summed E-state index contributed by atoms with van der Waals surface area (Å²) in [6.07, 6.45) is 3.85. The molecule has 0 bridgehead atoms. The molecule has 4 heteroatoms. The van der Waals surface area contributed by atoms with Gasteiger partial charge in [-0.05, 0) is 38.7 Å². The van der Waals surface area contributed by atoms with E-state index in [4.69, 9.17) is 4.74 Å². The number of nitrogens with zero attached hydrogens (tertiary/aromatic N) is 3. The largest absolute Gasteiger partial charge is 0.381 e. The van der Waals surface area contributed by atoms with Gasteiger partial charge < -0.3 is 4.74 Å². The molecule has 2 aliphatic rings. The van der Waals surface area contributed by atoms with Crippen LogP contribution in [-0.2, 0) is 10.2 Å². The predicted octanol–water partition coefficient (Wildman–Crippen LogP) is 2.23. The molecule has 1 aliphatic carbocycles. The Labute approximate surface area is 107 Å². The third-order valence-electron chi connectivity index (χ3n) is 3.91. The van der Waals surface area contributed by atoms with Gasteiger partial charge in [0.1, 0.15) is 11.2 Å². The molecule has 1 aromatic rings. The zero-order valence-electron chi connectivity index (χ0n) is 10.6. The summed E-state index contributed by atoms with van der Waals surface area (Å²) < 4.78 is 5.39. The average molecular weight is 243 g/mol. The fourth-order valence-corrected chi connectivity index (χ4v) is 2.52. The number of ether oxygens (including phenoxy) is 1. The van der Waals surface area contributed by atoms with Gasteiger partial charge in [0.15, 0.2) is 0 Å². The molecule has 2 heterocycles. The number of aryl methyl sites for hydroxylation is 1. The maximum atomic E-state index is 9.25. The molecule has 0 radical (unpaired) electrons. The molecule has 4 nitrogen and oxygen atoms in total. The second-order valence-electron chi connectivity index (χ2n) is 5.34. The van der Waals surface area contributed by atoms with Gasteiger partial charge in [0.25, 0.3) is 0 Å². The first-order valence-electron chi connectivity index (χ1n) is 6.59. The average Bonchev–Trinajstić information content (AvgIpc) is 3.20. The van der Waals surface area contributed by atoms with E-state index in [0.717, 1.165) is 56.1 Å². The first-order valence-corrected chi connectivity index (χ1v) is 6.59. The predicted molar refractivity (Wildman–Crippen MR) is 66.1 cm³/mol. The maximum Gasteiger partial charge on any atom is 0.149 e. The number of aromatic nitrogens is 2. The minimum atomic E-state index is -0.383. The van der Waals surface area contributed by atoms with Crippen LogP contribution in [0.5, 0.6) is 0 Å². The van der Waals surface area contributed by atoms with Crippen LogP contribution in [-0.4, -0.2) is 23.2 Å². The lowest BCUT2D eigenvalue weighted by Gasteiger charge is -2.22. The van der Waals surface area contributed by atoms with Gasteiger partial charge >= 0.3 is 0 Å².